The first-order valence-corrected chi connectivity index (χ1v) is 6.69. The fourth-order valence-electron chi connectivity index (χ4n) is 1.75. The van der Waals surface area contributed by atoms with Crippen molar-refractivity contribution in [1.82, 2.24) is 10.4 Å². The molecule has 1 aromatic heterocycles. The van der Waals surface area contributed by atoms with Crippen molar-refractivity contribution in [3.63, 3.8) is 0 Å². The van der Waals surface area contributed by atoms with E-state index in [-0.39, 0.29) is 6.04 Å². The Morgan fingerprint density at radius 3 is 2.61 bits per heavy atom. The van der Waals surface area contributed by atoms with Crippen LogP contribution in [0.5, 0.6) is 0 Å². The number of nitrogens with two attached hydrogens (primary N) is 1. The van der Waals surface area contributed by atoms with Crippen molar-refractivity contribution >= 4 is 27.5 Å². The van der Waals surface area contributed by atoms with Crippen LogP contribution in [0.3, 0.4) is 0 Å². The van der Waals surface area contributed by atoms with Gasteiger partial charge in [-0.05, 0) is 36.2 Å². The molecule has 18 heavy (non-hydrogen) atoms. The van der Waals surface area contributed by atoms with Crippen molar-refractivity contribution in [2.24, 2.45) is 5.84 Å². The molecule has 0 amide bonds. The number of nitrogens with zero attached hydrogens (tertiary/aromatic N) is 1. The Bertz CT molecular complexity index is 516. The van der Waals surface area contributed by atoms with E-state index in [2.05, 4.69) is 26.3 Å². The Morgan fingerprint density at radius 2 is 2.00 bits per heavy atom. The molecule has 0 saturated carbocycles. The van der Waals surface area contributed by atoms with E-state index >= 15 is 0 Å². The molecule has 0 spiro atoms. The molecule has 0 radical (unpaired) electrons. The molecule has 1 heterocycles. The van der Waals surface area contributed by atoms with Crippen molar-refractivity contribution in [2.45, 2.75) is 12.5 Å². The van der Waals surface area contributed by atoms with Crippen LogP contribution >= 0.6 is 27.5 Å². The number of hydrazine groups is 1. The van der Waals surface area contributed by atoms with Gasteiger partial charge in [-0.25, -0.2) is 0 Å². The quantitative estimate of drug-likeness (QED) is 0.670. The molecule has 2 rings (SSSR count). The van der Waals surface area contributed by atoms with Crippen molar-refractivity contribution in [3.05, 3.63) is 63.3 Å². The number of pyridine rings is 1. The monoisotopic (exact) mass is 325 g/mol. The highest BCUT2D eigenvalue weighted by atomic mass is 79.9. The smallest absolute Gasteiger partial charge is 0.0775 e. The SMILES string of the molecule is NNC(Cc1ccc(Br)cc1)c1ncccc1Cl. The minimum Gasteiger partial charge on any atom is -0.271 e. The zero-order chi connectivity index (χ0) is 13.0. The van der Waals surface area contributed by atoms with Gasteiger partial charge in [-0.15, -0.1) is 0 Å². The Balaban J connectivity index is 2.20. The maximum atomic E-state index is 6.12. The first-order valence-electron chi connectivity index (χ1n) is 5.51. The average Bonchev–Trinajstić information content (AvgIpc) is 2.39. The lowest BCUT2D eigenvalue weighted by molar-refractivity contribution is 0.538. The summed E-state index contributed by atoms with van der Waals surface area (Å²) in [5, 5.41) is 0.623. The van der Waals surface area contributed by atoms with Crippen LogP contribution in [0.25, 0.3) is 0 Å². The van der Waals surface area contributed by atoms with Crippen LogP contribution in [0, 0.1) is 0 Å². The van der Waals surface area contributed by atoms with E-state index in [1.165, 1.54) is 5.56 Å². The molecule has 0 saturated heterocycles. The Labute approximate surface area is 119 Å². The molecule has 94 valence electrons. The van der Waals surface area contributed by atoms with Gasteiger partial charge in [-0.2, -0.15) is 0 Å². The lowest BCUT2D eigenvalue weighted by Gasteiger charge is -2.16. The van der Waals surface area contributed by atoms with Crippen LogP contribution in [0.2, 0.25) is 5.02 Å². The Hall–Kier alpha value is -0.940. The molecule has 0 aliphatic carbocycles. The molecule has 0 bridgehead atoms. The van der Waals surface area contributed by atoms with Gasteiger partial charge in [0.05, 0.1) is 16.8 Å². The molecular weight excluding hydrogens is 314 g/mol. The van der Waals surface area contributed by atoms with Crippen LogP contribution in [0.4, 0.5) is 0 Å². The maximum Gasteiger partial charge on any atom is 0.0775 e. The second-order valence-electron chi connectivity index (χ2n) is 3.92. The fraction of sp³-hybridized carbons (Fsp3) is 0.154. The van der Waals surface area contributed by atoms with Gasteiger partial charge in [0.2, 0.25) is 0 Å². The van der Waals surface area contributed by atoms with Gasteiger partial charge >= 0.3 is 0 Å². The molecule has 2 aromatic rings. The third kappa shape index (κ3) is 3.29. The predicted octanol–water partition coefficient (Wildman–Crippen LogP) is 3.24. The molecule has 1 atom stereocenters. The van der Waals surface area contributed by atoms with Crippen LogP contribution in [0.1, 0.15) is 17.3 Å². The van der Waals surface area contributed by atoms with E-state index < -0.39 is 0 Å². The van der Waals surface area contributed by atoms with E-state index in [0.717, 1.165) is 16.6 Å². The number of aromatic nitrogens is 1. The van der Waals surface area contributed by atoms with E-state index in [0.29, 0.717) is 5.02 Å². The second-order valence-corrected chi connectivity index (χ2v) is 5.24. The molecule has 0 fully saturated rings. The summed E-state index contributed by atoms with van der Waals surface area (Å²) in [5.74, 6) is 5.59. The van der Waals surface area contributed by atoms with Gasteiger partial charge < -0.3 is 0 Å². The lowest BCUT2D eigenvalue weighted by atomic mass is 10.0. The Kier molecular flexibility index (Phi) is 4.72. The van der Waals surface area contributed by atoms with Gasteiger partial charge in [-0.1, -0.05) is 39.7 Å². The van der Waals surface area contributed by atoms with Crippen molar-refractivity contribution in [1.29, 1.82) is 0 Å². The molecule has 1 aromatic carbocycles. The Morgan fingerprint density at radius 1 is 1.28 bits per heavy atom. The minimum atomic E-state index is -0.0973. The van der Waals surface area contributed by atoms with Crippen LogP contribution in [-0.2, 0) is 6.42 Å². The maximum absolute atomic E-state index is 6.12. The average molecular weight is 327 g/mol. The molecule has 3 nitrogen and oxygen atoms in total. The lowest BCUT2D eigenvalue weighted by Crippen LogP contribution is -2.30. The van der Waals surface area contributed by atoms with Crippen LogP contribution < -0.4 is 11.3 Å². The summed E-state index contributed by atoms with van der Waals surface area (Å²) < 4.78 is 1.05. The van der Waals surface area contributed by atoms with E-state index in [1.54, 1.807) is 12.3 Å². The number of benzene rings is 1. The van der Waals surface area contributed by atoms with Gasteiger partial charge in [0.1, 0.15) is 0 Å². The van der Waals surface area contributed by atoms with Crippen LogP contribution in [0.15, 0.2) is 47.1 Å². The van der Waals surface area contributed by atoms with Gasteiger partial charge in [-0.3, -0.25) is 16.3 Å². The third-order valence-corrected chi connectivity index (χ3v) is 3.52. The fourth-order valence-corrected chi connectivity index (χ4v) is 2.26. The second kappa shape index (κ2) is 6.29. The number of nitrogens with one attached hydrogen (secondary N) is 1. The van der Waals surface area contributed by atoms with Gasteiger partial charge in [0.15, 0.2) is 0 Å². The normalized spacial score (nSPS) is 12.4. The zero-order valence-corrected chi connectivity index (χ0v) is 11.9. The summed E-state index contributed by atoms with van der Waals surface area (Å²) in [6, 6.07) is 11.6. The van der Waals surface area contributed by atoms with E-state index in [9.17, 15) is 0 Å². The molecule has 1 unspecified atom stereocenters. The largest absolute Gasteiger partial charge is 0.271 e. The topological polar surface area (TPSA) is 50.9 Å². The van der Waals surface area contributed by atoms with Gasteiger partial charge in [0.25, 0.3) is 0 Å². The number of rotatable bonds is 4. The number of hydrogen-bond donors (Lipinski definition) is 2. The summed E-state index contributed by atoms with van der Waals surface area (Å²) in [5.41, 5.74) is 4.70. The summed E-state index contributed by atoms with van der Waals surface area (Å²) in [6.45, 7) is 0. The van der Waals surface area contributed by atoms with Crippen molar-refractivity contribution in [3.8, 4) is 0 Å². The van der Waals surface area contributed by atoms with E-state index in [4.69, 9.17) is 17.4 Å². The van der Waals surface area contributed by atoms with Gasteiger partial charge in [0, 0.05) is 10.7 Å². The predicted molar refractivity (Wildman–Crippen MR) is 77.2 cm³/mol. The van der Waals surface area contributed by atoms with Crippen molar-refractivity contribution in [2.75, 3.05) is 0 Å². The first kappa shape index (κ1) is 13.5. The summed E-state index contributed by atoms with van der Waals surface area (Å²) in [6.07, 6.45) is 2.45. The van der Waals surface area contributed by atoms with Crippen molar-refractivity contribution < 1.29 is 0 Å². The third-order valence-electron chi connectivity index (χ3n) is 2.67. The summed E-state index contributed by atoms with van der Waals surface area (Å²) >= 11 is 9.54. The highest BCUT2D eigenvalue weighted by molar-refractivity contribution is 9.10. The standard InChI is InChI=1S/C13H13BrClN3/c14-10-5-3-9(4-6-10)8-12(18-16)13-11(15)2-1-7-17-13/h1-7,12,18H,8,16H2. The number of hydrogen-bond acceptors (Lipinski definition) is 3. The summed E-state index contributed by atoms with van der Waals surface area (Å²) in [7, 11) is 0. The number of halogens is 2. The minimum absolute atomic E-state index is 0.0973. The molecule has 0 aliphatic heterocycles. The molecule has 3 N–H and O–H groups in total. The van der Waals surface area contributed by atoms with E-state index in [1.807, 2.05) is 30.3 Å². The summed E-state index contributed by atoms with van der Waals surface area (Å²) in [4.78, 5) is 4.28. The zero-order valence-electron chi connectivity index (χ0n) is 9.61. The first-order chi connectivity index (χ1) is 8.70. The highest BCUT2D eigenvalue weighted by Gasteiger charge is 2.15. The van der Waals surface area contributed by atoms with Crippen LogP contribution in [-0.4, -0.2) is 4.98 Å². The molecule has 5 heteroatoms. The molecule has 0 aliphatic rings. The molecular formula is C13H13BrClN3. The highest BCUT2D eigenvalue weighted by Crippen LogP contribution is 2.23.